The predicted octanol–water partition coefficient (Wildman–Crippen LogP) is 4.18. The highest BCUT2D eigenvalue weighted by molar-refractivity contribution is 5.85. The lowest BCUT2D eigenvalue weighted by Gasteiger charge is -2.20. The van der Waals surface area contributed by atoms with Gasteiger partial charge >= 0.3 is 6.09 Å². The maximum atomic E-state index is 13.8. The van der Waals surface area contributed by atoms with Crippen molar-refractivity contribution in [3.05, 3.63) is 54.1 Å². The molecule has 0 aliphatic carbocycles. The number of anilines is 2. The third-order valence-electron chi connectivity index (χ3n) is 2.80. The first kappa shape index (κ1) is 16.7. The maximum Gasteiger partial charge on any atom is 0.412 e. The summed E-state index contributed by atoms with van der Waals surface area (Å²) in [5.74, 6) is -0.528. The second-order valence-corrected chi connectivity index (χ2v) is 6.00. The Kier molecular flexibility index (Phi) is 5.16. The number of amides is 1. The molecule has 0 radical (unpaired) electrons. The topological polar surface area (TPSA) is 63.2 Å². The van der Waals surface area contributed by atoms with Gasteiger partial charge < -0.3 is 10.1 Å². The molecule has 1 aromatic carbocycles. The number of halogens is 1. The lowest BCUT2D eigenvalue weighted by atomic mass is 10.2. The first-order valence-electron chi connectivity index (χ1n) is 7.27. The van der Waals surface area contributed by atoms with Crippen molar-refractivity contribution in [2.24, 2.45) is 0 Å². The maximum absolute atomic E-state index is 13.8. The summed E-state index contributed by atoms with van der Waals surface area (Å²) in [7, 11) is 0. The Morgan fingerprint density at radius 1 is 1.26 bits per heavy atom. The first-order chi connectivity index (χ1) is 10.8. The second-order valence-electron chi connectivity index (χ2n) is 6.00. The molecular formula is C17H20FN3O2. The van der Waals surface area contributed by atoms with Gasteiger partial charge in [-0.15, -0.1) is 0 Å². The van der Waals surface area contributed by atoms with Crippen LogP contribution in [0, 0.1) is 5.82 Å². The van der Waals surface area contributed by atoms with Crippen LogP contribution >= 0.6 is 0 Å². The Labute approximate surface area is 134 Å². The number of nitrogens with zero attached hydrogens (tertiary/aromatic N) is 1. The fourth-order valence-electron chi connectivity index (χ4n) is 1.84. The summed E-state index contributed by atoms with van der Waals surface area (Å²) in [5.41, 5.74) is 0.946. The van der Waals surface area contributed by atoms with Crippen LogP contribution in [-0.2, 0) is 11.3 Å². The number of pyridine rings is 1. The summed E-state index contributed by atoms with van der Waals surface area (Å²) in [4.78, 5) is 15.9. The molecule has 0 spiro atoms. The minimum Gasteiger partial charge on any atom is -0.444 e. The fourth-order valence-corrected chi connectivity index (χ4v) is 1.84. The number of benzene rings is 1. The molecule has 0 saturated carbocycles. The van der Waals surface area contributed by atoms with Crippen LogP contribution in [0.15, 0.2) is 42.6 Å². The van der Waals surface area contributed by atoms with E-state index < -0.39 is 17.5 Å². The summed E-state index contributed by atoms with van der Waals surface area (Å²) in [6.45, 7) is 5.73. The number of carbonyl (C=O) groups is 1. The van der Waals surface area contributed by atoms with E-state index in [0.717, 1.165) is 5.69 Å². The van der Waals surface area contributed by atoms with Crippen LogP contribution in [0.25, 0.3) is 0 Å². The lowest BCUT2D eigenvalue weighted by Crippen LogP contribution is -2.27. The Bertz CT molecular complexity index is 669. The van der Waals surface area contributed by atoms with Gasteiger partial charge in [-0.2, -0.15) is 0 Å². The summed E-state index contributed by atoms with van der Waals surface area (Å²) >= 11 is 0. The molecule has 0 bridgehead atoms. The minimum absolute atomic E-state index is 0.0604. The van der Waals surface area contributed by atoms with Gasteiger partial charge in [0, 0.05) is 11.9 Å². The number of ether oxygens (including phenoxy) is 1. The number of nitrogens with one attached hydrogen (secondary N) is 2. The zero-order valence-electron chi connectivity index (χ0n) is 13.4. The SMILES string of the molecule is CC(C)(C)OC(=O)Nc1cc(NCc2ccccn2)ccc1F. The van der Waals surface area contributed by atoms with Crippen molar-refractivity contribution in [1.29, 1.82) is 0 Å². The van der Waals surface area contributed by atoms with Crippen molar-refractivity contribution in [3.8, 4) is 0 Å². The molecule has 2 N–H and O–H groups in total. The molecule has 23 heavy (non-hydrogen) atoms. The van der Waals surface area contributed by atoms with Gasteiger partial charge in [0.1, 0.15) is 11.4 Å². The summed E-state index contributed by atoms with van der Waals surface area (Å²) in [6.07, 6.45) is 1.01. The minimum atomic E-state index is -0.696. The van der Waals surface area contributed by atoms with Crippen LogP contribution in [0.1, 0.15) is 26.5 Å². The van der Waals surface area contributed by atoms with Crippen molar-refractivity contribution in [2.75, 3.05) is 10.6 Å². The van der Waals surface area contributed by atoms with E-state index in [9.17, 15) is 9.18 Å². The molecule has 0 aliphatic heterocycles. The predicted molar refractivity (Wildman–Crippen MR) is 87.8 cm³/mol. The second kappa shape index (κ2) is 7.09. The number of aromatic nitrogens is 1. The van der Waals surface area contributed by atoms with E-state index in [1.54, 1.807) is 33.0 Å². The molecule has 0 fully saturated rings. The summed E-state index contributed by atoms with van der Waals surface area (Å²) < 4.78 is 18.9. The average Bonchev–Trinajstić information content (AvgIpc) is 2.47. The fraction of sp³-hybridized carbons (Fsp3) is 0.294. The largest absolute Gasteiger partial charge is 0.444 e. The van der Waals surface area contributed by atoms with Gasteiger partial charge in [0.25, 0.3) is 0 Å². The Hall–Kier alpha value is -2.63. The molecular weight excluding hydrogens is 297 g/mol. The molecule has 0 unspecified atom stereocenters. The van der Waals surface area contributed by atoms with Crippen LogP contribution in [-0.4, -0.2) is 16.7 Å². The van der Waals surface area contributed by atoms with Crippen LogP contribution < -0.4 is 10.6 Å². The van der Waals surface area contributed by atoms with E-state index in [1.165, 1.54) is 12.1 Å². The Morgan fingerprint density at radius 3 is 2.70 bits per heavy atom. The lowest BCUT2D eigenvalue weighted by molar-refractivity contribution is 0.0635. The van der Waals surface area contributed by atoms with Crippen LogP contribution in [0.2, 0.25) is 0 Å². The molecule has 122 valence electrons. The molecule has 1 heterocycles. The normalized spacial score (nSPS) is 11.0. The van der Waals surface area contributed by atoms with Gasteiger partial charge in [-0.25, -0.2) is 9.18 Å². The van der Waals surface area contributed by atoms with Gasteiger partial charge in [0.15, 0.2) is 0 Å². The zero-order chi connectivity index (χ0) is 16.9. The van der Waals surface area contributed by atoms with Crippen LogP contribution in [0.5, 0.6) is 0 Å². The van der Waals surface area contributed by atoms with Gasteiger partial charge in [-0.05, 0) is 51.1 Å². The highest BCUT2D eigenvalue weighted by Gasteiger charge is 2.17. The van der Waals surface area contributed by atoms with Gasteiger partial charge in [0.2, 0.25) is 0 Å². The average molecular weight is 317 g/mol. The number of hydrogen-bond donors (Lipinski definition) is 2. The van der Waals surface area contributed by atoms with Gasteiger partial charge in [-0.1, -0.05) is 6.07 Å². The van der Waals surface area contributed by atoms with Crippen LogP contribution in [0.4, 0.5) is 20.6 Å². The van der Waals surface area contributed by atoms with Crippen molar-refractivity contribution < 1.29 is 13.9 Å². The molecule has 2 rings (SSSR count). The zero-order valence-corrected chi connectivity index (χ0v) is 13.4. The molecule has 1 amide bonds. The monoisotopic (exact) mass is 317 g/mol. The standard InChI is InChI=1S/C17H20FN3O2/c1-17(2,3)23-16(22)21-15-10-12(7-8-14(15)18)20-11-13-6-4-5-9-19-13/h4-10,20H,11H2,1-3H3,(H,21,22). The molecule has 0 atom stereocenters. The van der Waals surface area contributed by atoms with Crippen molar-refractivity contribution in [2.45, 2.75) is 32.9 Å². The number of carbonyl (C=O) groups excluding carboxylic acids is 1. The highest BCUT2D eigenvalue weighted by atomic mass is 19.1. The van der Waals surface area contributed by atoms with E-state index in [4.69, 9.17) is 4.74 Å². The van der Waals surface area contributed by atoms with Gasteiger partial charge in [-0.3, -0.25) is 10.3 Å². The molecule has 0 aliphatic rings. The van der Waals surface area contributed by atoms with Gasteiger partial charge in [0.05, 0.1) is 17.9 Å². The summed E-state index contributed by atoms with van der Waals surface area (Å²) in [6, 6.07) is 10.0. The molecule has 2 aromatic rings. The van der Waals surface area contributed by atoms with E-state index in [-0.39, 0.29) is 5.69 Å². The quantitative estimate of drug-likeness (QED) is 0.888. The first-order valence-corrected chi connectivity index (χ1v) is 7.27. The van der Waals surface area contributed by atoms with E-state index >= 15 is 0 Å². The third kappa shape index (κ3) is 5.58. The number of rotatable bonds is 4. The molecule has 1 aromatic heterocycles. The molecule has 5 nitrogen and oxygen atoms in total. The van der Waals surface area contributed by atoms with Crippen LogP contribution in [0.3, 0.4) is 0 Å². The van der Waals surface area contributed by atoms with E-state index in [1.807, 2.05) is 18.2 Å². The van der Waals surface area contributed by atoms with E-state index in [2.05, 4.69) is 15.6 Å². The summed E-state index contributed by atoms with van der Waals surface area (Å²) in [5, 5.41) is 5.54. The van der Waals surface area contributed by atoms with Crippen molar-refractivity contribution in [1.82, 2.24) is 4.98 Å². The Morgan fingerprint density at radius 2 is 2.04 bits per heavy atom. The Balaban J connectivity index is 2.02. The van der Waals surface area contributed by atoms with E-state index in [0.29, 0.717) is 12.2 Å². The van der Waals surface area contributed by atoms with Crippen molar-refractivity contribution in [3.63, 3.8) is 0 Å². The smallest absolute Gasteiger partial charge is 0.412 e. The number of hydrogen-bond acceptors (Lipinski definition) is 4. The highest BCUT2D eigenvalue weighted by Crippen LogP contribution is 2.21. The molecule has 6 heteroatoms. The molecule has 0 saturated heterocycles. The third-order valence-corrected chi connectivity index (χ3v) is 2.80. The van der Waals surface area contributed by atoms with Crippen molar-refractivity contribution >= 4 is 17.5 Å².